The smallest absolute Gasteiger partial charge is 0.341 e. The van der Waals surface area contributed by atoms with Crippen molar-refractivity contribution >= 4 is 22.9 Å². The van der Waals surface area contributed by atoms with Gasteiger partial charge in [0, 0.05) is 5.75 Å². The third kappa shape index (κ3) is 6.08. The first-order valence-corrected chi connectivity index (χ1v) is 7.73. The highest BCUT2D eigenvalue weighted by Gasteiger charge is 2.14. The van der Waals surface area contributed by atoms with Gasteiger partial charge in [0.15, 0.2) is 5.17 Å². The molecule has 6 heteroatoms. The normalized spacial score (nSPS) is 10.5. The predicted molar refractivity (Wildman–Crippen MR) is 85.9 cm³/mol. The van der Waals surface area contributed by atoms with Crippen LogP contribution in [0.25, 0.3) is 0 Å². The number of methoxy groups -OCH3 is 1. The molecule has 0 aromatic heterocycles. The van der Waals surface area contributed by atoms with Gasteiger partial charge in [0.1, 0.15) is 11.3 Å². The Morgan fingerprint density at radius 3 is 2.71 bits per heavy atom. The van der Waals surface area contributed by atoms with E-state index in [1.165, 1.54) is 18.9 Å². The maximum absolute atomic E-state index is 11.8. The second kappa shape index (κ2) is 8.56. The number of hydrogen-bond acceptors (Lipinski definition) is 5. The molecule has 21 heavy (non-hydrogen) atoms. The Balaban J connectivity index is 2.86. The minimum absolute atomic E-state index is 0.0480. The number of ether oxygens (including phenoxy) is 2. The van der Waals surface area contributed by atoms with E-state index in [0.717, 1.165) is 12.0 Å². The van der Waals surface area contributed by atoms with E-state index in [2.05, 4.69) is 13.8 Å². The van der Waals surface area contributed by atoms with Crippen molar-refractivity contribution in [2.45, 2.75) is 26.0 Å². The maximum Gasteiger partial charge on any atom is 0.341 e. The summed E-state index contributed by atoms with van der Waals surface area (Å²) in [5.41, 5.74) is 6.62. The van der Waals surface area contributed by atoms with Gasteiger partial charge < -0.3 is 15.2 Å². The van der Waals surface area contributed by atoms with Crippen molar-refractivity contribution in [3.63, 3.8) is 0 Å². The van der Waals surface area contributed by atoms with Crippen molar-refractivity contribution in [2.24, 2.45) is 11.7 Å². The van der Waals surface area contributed by atoms with E-state index < -0.39 is 5.97 Å². The van der Waals surface area contributed by atoms with Crippen LogP contribution in [0, 0.1) is 11.3 Å². The van der Waals surface area contributed by atoms with Crippen LogP contribution in [0.15, 0.2) is 18.2 Å². The molecule has 0 atom stereocenters. The van der Waals surface area contributed by atoms with E-state index in [1.807, 2.05) is 6.07 Å². The van der Waals surface area contributed by atoms with Crippen molar-refractivity contribution in [3.8, 4) is 5.75 Å². The van der Waals surface area contributed by atoms with Gasteiger partial charge in [-0.25, -0.2) is 4.79 Å². The molecule has 1 aromatic rings. The van der Waals surface area contributed by atoms with E-state index in [0.29, 0.717) is 29.6 Å². The molecule has 0 spiro atoms. The van der Waals surface area contributed by atoms with Crippen molar-refractivity contribution < 1.29 is 14.3 Å². The van der Waals surface area contributed by atoms with E-state index in [-0.39, 0.29) is 5.17 Å². The van der Waals surface area contributed by atoms with Gasteiger partial charge in [-0.2, -0.15) is 0 Å². The molecule has 0 saturated carbocycles. The first kappa shape index (κ1) is 17.4. The van der Waals surface area contributed by atoms with Gasteiger partial charge in [-0.3, -0.25) is 5.41 Å². The molecule has 0 saturated heterocycles. The molecule has 1 aromatic carbocycles. The summed E-state index contributed by atoms with van der Waals surface area (Å²) in [6.07, 6.45) is 0.919. The lowest BCUT2D eigenvalue weighted by Gasteiger charge is -2.13. The molecule has 1 rings (SSSR count). The highest BCUT2D eigenvalue weighted by Crippen LogP contribution is 2.24. The van der Waals surface area contributed by atoms with Gasteiger partial charge in [-0.1, -0.05) is 31.7 Å². The topological polar surface area (TPSA) is 85.4 Å². The summed E-state index contributed by atoms with van der Waals surface area (Å²) in [4.78, 5) is 11.8. The molecular weight excluding hydrogens is 288 g/mol. The summed E-state index contributed by atoms with van der Waals surface area (Å²) in [5.74, 6) is 1.17. The maximum atomic E-state index is 11.8. The molecule has 0 amide bonds. The predicted octanol–water partition coefficient (Wildman–Crippen LogP) is 3.02. The number of hydrogen-bond donors (Lipinski definition) is 2. The molecule has 0 fully saturated rings. The lowest BCUT2D eigenvalue weighted by atomic mass is 10.1. The van der Waals surface area contributed by atoms with Gasteiger partial charge in [-0.05, 0) is 30.0 Å². The summed E-state index contributed by atoms with van der Waals surface area (Å²) >= 11 is 1.21. The average molecular weight is 310 g/mol. The van der Waals surface area contributed by atoms with Crippen LogP contribution < -0.4 is 10.5 Å². The number of nitrogens with one attached hydrogen (secondary N) is 1. The second-order valence-corrected chi connectivity index (χ2v) is 6.02. The second-order valence-electron chi connectivity index (χ2n) is 5.01. The summed E-state index contributed by atoms with van der Waals surface area (Å²) in [5, 5.41) is 7.26. The number of thioether (sulfide) groups is 1. The van der Waals surface area contributed by atoms with Crippen LogP contribution >= 0.6 is 11.8 Å². The number of esters is 1. The third-order valence-corrected chi connectivity index (χ3v) is 3.59. The minimum Gasteiger partial charge on any atom is -0.493 e. The zero-order valence-corrected chi connectivity index (χ0v) is 13.5. The molecule has 0 aliphatic carbocycles. The van der Waals surface area contributed by atoms with Crippen molar-refractivity contribution in [1.29, 1.82) is 5.41 Å². The van der Waals surface area contributed by atoms with Crippen LogP contribution in [0.1, 0.15) is 36.2 Å². The molecule has 0 unspecified atom stereocenters. The Hall–Kier alpha value is -1.69. The highest BCUT2D eigenvalue weighted by atomic mass is 32.2. The van der Waals surface area contributed by atoms with E-state index in [1.54, 1.807) is 12.1 Å². The largest absolute Gasteiger partial charge is 0.493 e. The standard InChI is InChI=1S/C15H22N2O3S/c1-10(2)6-7-20-13-5-4-11(9-21-15(16)17)8-12(13)14(18)19-3/h4-5,8,10H,6-7,9H2,1-3H3,(H3,16,17). The molecule has 5 nitrogen and oxygen atoms in total. The zero-order valence-electron chi connectivity index (χ0n) is 12.6. The van der Waals surface area contributed by atoms with Crippen LogP contribution in [0.3, 0.4) is 0 Å². The molecule has 116 valence electrons. The van der Waals surface area contributed by atoms with Gasteiger partial charge in [0.25, 0.3) is 0 Å². The summed E-state index contributed by atoms with van der Waals surface area (Å²) < 4.78 is 10.5. The monoisotopic (exact) mass is 310 g/mol. The molecule has 0 radical (unpaired) electrons. The van der Waals surface area contributed by atoms with Crippen molar-refractivity contribution in [2.75, 3.05) is 13.7 Å². The summed E-state index contributed by atoms with van der Waals surface area (Å²) in [7, 11) is 1.34. The van der Waals surface area contributed by atoms with Crippen LogP contribution in [-0.4, -0.2) is 24.9 Å². The molecule has 0 heterocycles. The van der Waals surface area contributed by atoms with Gasteiger partial charge >= 0.3 is 5.97 Å². The van der Waals surface area contributed by atoms with Gasteiger partial charge in [-0.15, -0.1) is 0 Å². The number of benzene rings is 1. The number of carbonyl (C=O) groups is 1. The Labute approximate surface area is 129 Å². The molecule has 3 N–H and O–H groups in total. The van der Waals surface area contributed by atoms with E-state index >= 15 is 0 Å². The Morgan fingerprint density at radius 2 is 2.14 bits per heavy atom. The van der Waals surface area contributed by atoms with Gasteiger partial charge in [0.2, 0.25) is 0 Å². The zero-order chi connectivity index (χ0) is 15.8. The van der Waals surface area contributed by atoms with Crippen molar-refractivity contribution in [1.82, 2.24) is 0 Å². The van der Waals surface area contributed by atoms with Crippen LogP contribution in [0.4, 0.5) is 0 Å². The number of amidine groups is 1. The lowest BCUT2D eigenvalue weighted by Crippen LogP contribution is -2.09. The summed E-state index contributed by atoms with van der Waals surface area (Å²) in [6.45, 7) is 4.79. The fourth-order valence-electron chi connectivity index (χ4n) is 1.63. The Morgan fingerprint density at radius 1 is 1.43 bits per heavy atom. The fraction of sp³-hybridized carbons (Fsp3) is 0.467. The highest BCUT2D eigenvalue weighted by molar-refractivity contribution is 8.13. The molecule has 0 bridgehead atoms. The van der Waals surface area contributed by atoms with E-state index in [9.17, 15) is 4.79 Å². The number of rotatable bonds is 7. The Kier molecular flexibility index (Phi) is 7.08. The molecular formula is C15H22N2O3S. The van der Waals surface area contributed by atoms with Gasteiger partial charge in [0.05, 0.1) is 13.7 Å². The molecule has 0 aliphatic heterocycles. The minimum atomic E-state index is -0.427. The summed E-state index contributed by atoms with van der Waals surface area (Å²) in [6, 6.07) is 5.36. The Bertz CT molecular complexity index is 504. The average Bonchev–Trinajstić information content (AvgIpc) is 2.44. The van der Waals surface area contributed by atoms with Crippen LogP contribution in [0.5, 0.6) is 5.75 Å². The number of nitrogens with two attached hydrogens (primary N) is 1. The number of carbonyl (C=O) groups excluding carboxylic acids is 1. The fourth-order valence-corrected chi connectivity index (χ4v) is 2.13. The van der Waals surface area contributed by atoms with Crippen LogP contribution in [0.2, 0.25) is 0 Å². The quantitative estimate of drug-likeness (QED) is 0.459. The SMILES string of the molecule is COC(=O)c1cc(CSC(=N)N)ccc1OCCC(C)C. The first-order chi connectivity index (χ1) is 9.93. The third-order valence-electron chi connectivity index (χ3n) is 2.80. The van der Waals surface area contributed by atoms with Crippen molar-refractivity contribution in [3.05, 3.63) is 29.3 Å². The van der Waals surface area contributed by atoms with E-state index in [4.69, 9.17) is 20.6 Å². The van der Waals surface area contributed by atoms with Crippen LogP contribution in [-0.2, 0) is 10.5 Å². The molecule has 0 aliphatic rings. The lowest BCUT2D eigenvalue weighted by molar-refractivity contribution is 0.0595. The first-order valence-electron chi connectivity index (χ1n) is 6.75.